The van der Waals surface area contributed by atoms with Gasteiger partial charge in [-0.3, -0.25) is 9.89 Å². The lowest BCUT2D eigenvalue weighted by Crippen LogP contribution is -2.06. The molecule has 0 saturated heterocycles. The third-order valence-electron chi connectivity index (χ3n) is 2.18. The van der Waals surface area contributed by atoms with Crippen LogP contribution in [-0.4, -0.2) is 30.5 Å². The highest BCUT2D eigenvalue weighted by Crippen LogP contribution is 2.02. The van der Waals surface area contributed by atoms with Crippen LogP contribution in [0.5, 0.6) is 0 Å². The van der Waals surface area contributed by atoms with Gasteiger partial charge in [0.15, 0.2) is 11.6 Å². The Morgan fingerprint density at radius 2 is 2.40 bits per heavy atom. The first-order valence-corrected chi connectivity index (χ1v) is 4.62. The molecule has 0 spiro atoms. The van der Waals surface area contributed by atoms with E-state index >= 15 is 0 Å². The number of H-pyrrole nitrogens is 1. The Hall–Kier alpha value is -1.98. The van der Waals surface area contributed by atoms with Gasteiger partial charge in [-0.15, -0.1) is 0 Å². The fourth-order valence-corrected chi connectivity index (χ4v) is 1.32. The van der Waals surface area contributed by atoms with Gasteiger partial charge in [-0.2, -0.15) is 5.10 Å². The first-order chi connectivity index (χ1) is 7.27. The van der Waals surface area contributed by atoms with Crippen LogP contribution in [0.1, 0.15) is 22.9 Å². The fraction of sp³-hybridized carbons (Fsp3) is 0.333. The number of ketones is 1. The molecule has 2 aromatic heterocycles. The Kier molecular flexibility index (Phi) is 2.57. The molecule has 2 aromatic rings. The lowest BCUT2D eigenvalue weighted by molar-refractivity contribution is 0.0972. The van der Waals surface area contributed by atoms with Crippen molar-refractivity contribution in [1.29, 1.82) is 0 Å². The predicted molar refractivity (Wildman–Crippen MR) is 52.2 cm³/mol. The molecule has 0 aliphatic heterocycles. The van der Waals surface area contributed by atoms with Crippen LogP contribution >= 0.6 is 0 Å². The lowest BCUT2D eigenvalue weighted by atomic mass is 10.2. The second-order valence-electron chi connectivity index (χ2n) is 3.21. The topological polar surface area (TPSA) is 76.5 Å². The molecule has 78 valence electrons. The number of Topliss-reactive ketones (excluding diaryl/α,β-unsaturated/α-hetero) is 1. The summed E-state index contributed by atoms with van der Waals surface area (Å²) >= 11 is 0. The zero-order valence-electron chi connectivity index (χ0n) is 8.34. The van der Waals surface area contributed by atoms with Crippen molar-refractivity contribution in [3.8, 4) is 0 Å². The van der Waals surface area contributed by atoms with Crippen molar-refractivity contribution in [2.75, 3.05) is 0 Å². The quantitative estimate of drug-likeness (QED) is 0.731. The van der Waals surface area contributed by atoms with Crippen LogP contribution in [0, 0.1) is 0 Å². The molecule has 0 aliphatic carbocycles. The minimum absolute atomic E-state index is 0.0458. The van der Waals surface area contributed by atoms with Gasteiger partial charge >= 0.3 is 0 Å². The second-order valence-corrected chi connectivity index (χ2v) is 3.21. The third kappa shape index (κ3) is 2.09. The first-order valence-electron chi connectivity index (χ1n) is 4.62. The lowest BCUT2D eigenvalue weighted by Gasteiger charge is -1.99. The monoisotopic (exact) mass is 205 g/mol. The molecule has 15 heavy (non-hydrogen) atoms. The smallest absolute Gasteiger partial charge is 0.200 e. The van der Waals surface area contributed by atoms with Gasteiger partial charge in [0.25, 0.3) is 0 Å². The summed E-state index contributed by atoms with van der Waals surface area (Å²) in [5, 5.41) is 6.17. The normalized spacial score (nSPS) is 10.5. The molecule has 1 N–H and O–H groups in total. The number of imidazole rings is 1. The van der Waals surface area contributed by atoms with Crippen molar-refractivity contribution in [2.24, 2.45) is 7.05 Å². The van der Waals surface area contributed by atoms with E-state index in [9.17, 15) is 4.79 Å². The first kappa shape index (κ1) is 9.57. The van der Waals surface area contributed by atoms with Crippen molar-refractivity contribution in [3.05, 3.63) is 30.4 Å². The van der Waals surface area contributed by atoms with E-state index in [2.05, 4.69) is 20.2 Å². The number of carbonyl (C=O) groups excluding carboxylic acids is 1. The second kappa shape index (κ2) is 4.04. The Morgan fingerprint density at radius 1 is 1.53 bits per heavy atom. The molecule has 0 radical (unpaired) electrons. The van der Waals surface area contributed by atoms with Gasteiger partial charge in [0.05, 0.1) is 0 Å². The zero-order valence-corrected chi connectivity index (χ0v) is 8.34. The maximum Gasteiger partial charge on any atom is 0.200 e. The number of rotatable bonds is 4. The van der Waals surface area contributed by atoms with Gasteiger partial charge in [0, 0.05) is 32.3 Å². The van der Waals surface area contributed by atoms with Gasteiger partial charge in [0.2, 0.25) is 0 Å². The molecule has 0 bridgehead atoms. The molecule has 0 atom stereocenters. The maximum atomic E-state index is 11.5. The molecule has 6 nitrogen and oxygen atoms in total. The van der Waals surface area contributed by atoms with Crippen LogP contribution in [0.25, 0.3) is 0 Å². The minimum Gasteiger partial charge on any atom is -0.338 e. The van der Waals surface area contributed by atoms with E-state index in [-0.39, 0.29) is 5.78 Å². The number of nitrogens with zero attached hydrogens (tertiary/aromatic N) is 4. The van der Waals surface area contributed by atoms with Crippen LogP contribution < -0.4 is 0 Å². The number of hydrogen-bond acceptors (Lipinski definition) is 4. The molecular formula is C9H11N5O. The Morgan fingerprint density at radius 3 is 3.00 bits per heavy atom. The summed E-state index contributed by atoms with van der Waals surface area (Å²) in [6.07, 6.45) is 5.90. The van der Waals surface area contributed by atoms with E-state index in [0.29, 0.717) is 18.7 Å². The third-order valence-corrected chi connectivity index (χ3v) is 2.18. The van der Waals surface area contributed by atoms with Crippen LogP contribution in [0.2, 0.25) is 0 Å². The van der Waals surface area contributed by atoms with E-state index < -0.39 is 0 Å². The Labute approximate surface area is 86.4 Å². The van der Waals surface area contributed by atoms with Crippen molar-refractivity contribution in [2.45, 2.75) is 12.8 Å². The molecular weight excluding hydrogens is 194 g/mol. The number of aromatic amines is 1. The minimum atomic E-state index is -0.0458. The maximum absolute atomic E-state index is 11.5. The standard InChI is InChI=1S/C9H11N5O/c1-14-5-4-10-8(14)3-2-7(15)9-11-6-12-13-9/h4-6H,2-3H2,1H3,(H,11,12,13). The number of hydrogen-bond donors (Lipinski definition) is 1. The average molecular weight is 205 g/mol. The van der Waals surface area contributed by atoms with Crippen molar-refractivity contribution in [1.82, 2.24) is 24.7 Å². The van der Waals surface area contributed by atoms with E-state index in [4.69, 9.17) is 0 Å². The van der Waals surface area contributed by atoms with Crippen molar-refractivity contribution >= 4 is 5.78 Å². The summed E-state index contributed by atoms with van der Waals surface area (Å²) in [7, 11) is 1.90. The van der Waals surface area contributed by atoms with Crippen LogP contribution in [0.4, 0.5) is 0 Å². The Balaban J connectivity index is 1.95. The number of nitrogens with one attached hydrogen (secondary N) is 1. The summed E-state index contributed by atoms with van der Waals surface area (Å²) < 4.78 is 1.90. The SMILES string of the molecule is Cn1ccnc1CCC(=O)c1ncn[nH]1. The summed E-state index contributed by atoms with van der Waals surface area (Å²) in [6.45, 7) is 0. The molecule has 0 unspecified atom stereocenters. The predicted octanol–water partition coefficient (Wildman–Crippen LogP) is 0.354. The molecule has 0 aromatic carbocycles. The van der Waals surface area contributed by atoms with E-state index in [1.54, 1.807) is 6.20 Å². The summed E-state index contributed by atoms with van der Waals surface area (Å²) in [4.78, 5) is 19.5. The number of aromatic nitrogens is 5. The summed E-state index contributed by atoms with van der Waals surface area (Å²) in [6, 6.07) is 0. The van der Waals surface area contributed by atoms with E-state index in [1.165, 1.54) is 6.33 Å². The number of aryl methyl sites for hydroxylation is 2. The van der Waals surface area contributed by atoms with Crippen LogP contribution in [0.15, 0.2) is 18.7 Å². The molecule has 2 heterocycles. The van der Waals surface area contributed by atoms with Crippen LogP contribution in [-0.2, 0) is 13.5 Å². The van der Waals surface area contributed by atoms with E-state index in [0.717, 1.165) is 5.82 Å². The average Bonchev–Trinajstić information content (AvgIpc) is 2.85. The van der Waals surface area contributed by atoms with Gasteiger partial charge in [-0.1, -0.05) is 0 Å². The molecule has 2 rings (SSSR count). The van der Waals surface area contributed by atoms with Gasteiger partial charge in [0.1, 0.15) is 12.2 Å². The molecule has 0 amide bonds. The fourth-order valence-electron chi connectivity index (χ4n) is 1.32. The van der Waals surface area contributed by atoms with Crippen molar-refractivity contribution in [3.63, 3.8) is 0 Å². The molecule has 6 heteroatoms. The van der Waals surface area contributed by atoms with Gasteiger partial charge in [-0.25, -0.2) is 9.97 Å². The number of carbonyl (C=O) groups is 1. The zero-order chi connectivity index (χ0) is 10.7. The molecule has 0 fully saturated rings. The highest BCUT2D eigenvalue weighted by atomic mass is 16.1. The Bertz CT molecular complexity index is 445. The van der Waals surface area contributed by atoms with Crippen molar-refractivity contribution < 1.29 is 4.79 Å². The summed E-state index contributed by atoms with van der Waals surface area (Å²) in [5.74, 6) is 1.16. The highest BCUT2D eigenvalue weighted by Gasteiger charge is 2.10. The summed E-state index contributed by atoms with van der Waals surface area (Å²) in [5.41, 5.74) is 0. The largest absolute Gasteiger partial charge is 0.338 e. The highest BCUT2D eigenvalue weighted by molar-refractivity contribution is 5.92. The van der Waals surface area contributed by atoms with Gasteiger partial charge in [-0.05, 0) is 0 Å². The molecule has 0 saturated carbocycles. The van der Waals surface area contributed by atoms with Gasteiger partial charge < -0.3 is 4.57 Å². The van der Waals surface area contributed by atoms with Crippen LogP contribution in [0.3, 0.4) is 0 Å². The molecule has 0 aliphatic rings. The van der Waals surface area contributed by atoms with E-state index in [1.807, 2.05) is 17.8 Å².